The number of nitrogens with two attached hydrogens (primary N) is 1. The Morgan fingerprint density at radius 2 is 2.15 bits per heavy atom. The predicted octanol–water partition coefficient (Wildman–Crippen LogP) is 1.97. The molecule has 1 saturated carbocycles. The number of nitrogens with one attached hydrogen (secondary N) is 1. The predicted molar refractivity (Wildman–Crippen MR) is 78.6 cm³/mol. The number of aliphatic imine (C=N–C) groups is 1. The SMILES string of the molecule is CC(C)c1noc(CCN=C(N)NC2CCCCC2)n1. The summed E-state index contributed by atoms with van der Waals surface area (Å²) in [6, 6.07) is 0.489. The van der Waals surface area contributed by atoms with Crippen LogP contribution in [0.15, 0.2) is 9.52 Å². The molecule has 112 valence electrons. The van der Waals surface area contributed by atoms with Gasteiger partial charge in [0.25, 0.3) is 0 Å². The van der Waals surface area contributed by atoms with Crippen molar-refractivity contribution >= 4 is 5.96 Å². The molecule has 0 atom stereocenters. The average molecular weight is 279 g/mol. The normalized spacial score (nSPS) is 17.6. The van der Waals surface area contributed by atoms with Gasteiger partial charge in [-0.15, -0.1) is 0 Å². The fourth-order valence-electron chi connectivity index (χ4n) is 2.38. The molecule has 0 aliphatic heterocycles. The van der Waals surface area contributed by atoms with Crippen LogP contribution in [-0.4, -0.2) is 28.7 Å². The van der Waals surface area contributed by atoms with E-state index in [1.165, 1.54) is 32.1 Å². The van der Waals surface area contributed by atoms with Crippen LogP contribution in [0.4, 0.5) is 0 Å². The van der Waals surface area contributed by atoms with Crippen LogP contribution in [0.5, 0.6) is 0 Å². The lowest BCUT2D eigenvalue weighted by Crippen LogP contribution is -2.41. The molecule has 1 aliphatic carbocycles. The van der Waals surface area contributed by atoms with Gasteiger partial charge in [-0.1, -0.05) is 38.3 Å². The van der Waals surface area contributed by atoms with Crippen LogP contribution in [0.25, 0.3) is 0 Å². The third-order valence-corrected chi connectivity index (χ3v) is 3.57. The van der Waals surface area contributed by atoms with Crippen LogP contribution in [0.1, 0.15) is 63.6 Å². The average Bonchev–Trinajstić information content (AvgIpc) is 2.89. The Morgan fingerprint density at radius 3 is 2.80 bits per heavy atom. The van der Waals surface area contributed by atoms with E-state index in [0.29, 0.717) is 30.9 Å². The van der Waals surface area contributed by atoms with Gasteiger partial charge in [-0.3, -0.25) is 4.99 Å². The van der Waals surface area contributed by atoms with Crippen molar-refractivity contribution in [1.29, 1.82) is 0 Å². The zero-order chi connectivity index (χ0) is 14.4. The quantitative estimate of drug-likeness (QED) is 0.635. The number of aromatic nitrogens is 2. The molecule has 6 heteroatoms. The van der Waals surface area contributed by atoms with Gasteiger partial charge in [0.05, 0.1) is 6.54 Å². The highest BCUT2D eigenvalue weighted by molar-refractivity contribution is 5.78. The minimum absolute atomic E-state index is 0.286. The number of hydrogen-bond acceptors (Lipinski definition) is 4. The lowest BCUT2D eigenvalue weighted by atomic mass is 9.96. The third kappa shape index (κ3) is 4.51. The Bertz CT molecular complexity index is 435. The number of nitrogens with zero attached hydrogens (tertiary/aromatic N) is 3. The first-order valence-electron chi connectivity index (χ1n) is 7.54. The van der Waals surface area contributed by atoms with Crippen LogP contribution < -0.4 is 11.1 Å². The van der Waals surface area contributed by atoms with Crippen molar-refractivity contribution in [2.45, 2.75) is 64.3 Å². The topological polar surface area (TPSA) is 89.3 Å². The highest BCUT2D eigenvalue weighted by Gasteiger charge is 2.13. The van der Waals surface area contributed by atoms with Gasteiger partial charge >= 0.3 is 0 Å². The molecule has 6 nitrogen and oxygen atoms in total. The van der Waals surface area contributed by atoms with Crippen molar-refractivity contribution in [3.8, 4) is 0 Å². The van der Waals surface area contributed by atoms with Crippen molar-refractivity contribution in [3.05, 3.63) is 11.7 Å². The van der Waals surface area contributed by atoms with Crippen molar-refractivity contribution in [3.63, 3.8) is 0 Å². The summed E-state index contributed by atoms with van der Waals surface area (Å²) < 4.78 is 5.17. The van der Waals surface area contributed by atoms with Crippen molar-refractivity contribution in [1.82, 2.24) is 15.5 Å². The number of guanidine groups is 1. The van der Waals surface area contributed by atoms with Crippen LogP contribution in [0.3, 0.4) is 0 Å². The molecule has 20 heavy (non-hydrogen) atoms. The smallest absolute Gasteiger partial charge is 0.228 e. The third-order valence-electron chi connectivity index (χ3n) is 3.57. The molecule has 0 saturated heterocycles. The van der Waals surface area contributed by atoms with E-state index in [2.05, 4.69) is 20.4 Å². The lowest BCUT2D eigenvalue weighted by molar-refractivity contribution is 0.372. The molecule has 0 radical (unpaired) electrons. The zero-order valence-electron chi connectivity index (χ0n) is 12.4. The Hall–Kier alpha value is -1.59. The Balaban J connectivity index is 1.73. The molecular formula is C14H25N5O. The van der Waals surface area contributed by atoms with E-state index in [1.54, 1.807) is 0 Å². The number of rotatable bonds is 5. The van der Waals surface area contributed by atoms with Gasteiger partial charge in [0.2, 0.25) is 5.89 Å². The molecule has 0 bridgehead atoms. The fraction of sp³-hybridized carbons (Fsp3) is 0.786. The summed E-state index contributed by atoms with van der Waals surface area (Å²) in [4.78, 5) is 8.64. The van der Waals surface area contributed by atoms with Gasteiger partial charge in [0, 0.05) is 18.4 Å². The summed E-state index contributed by atoms with van der Waals surface area (Å²) in [6.07, 6.45) is 6.92. The molecule has 1 aliphatic rings. The maximum Gasteiger partial charge on any atom is 0.228 e. The summed E-state index contributed by atoms with van der Waals surface area (Å²) in [5.74, 6) is 2.19. The van der Waals surface area contributed by atoms with Gasteiger partial charge in [0.1, 0.15) is 0 Å². The second-order valence-corrected chi connectivity index (χ2v) is 5.70. The summed E-state index contributed by atoms with van der Waals surface area (Å²) in [6.45, 7) is 4.66. The summed E-state index contributed by atoms with van der Waals surface area (Å²) in [5.41, 5.74) is 5.89. The maximum absolute atomic E-state index is 5.89. The van der Waals surface area contributed by atoms with Crippen LogP contribution in [-0.2, 0) is 6.42 Å². The molecule has 0 amide bonds. The second-order valence-electron chi connectivity index (χ2n) is 5.70. The largest absolute Gasteiger partial charge is 0.370 e. The van der Waals surface area contributed by atoms with Gasteiger partial charge in [-0.05, 0) is 12.8 Å². The lowest BCUT2D eigenvalue weighted by Gasteiger charge is -2.23. The van der Waals surface area contributed by atoms with E-state index < -0.39 is 0 Å². The van der Waals surface area contributed by atoms with Crippen molar-refractivity contribution < 1.29 is 4.52 Å². The summed E-state index contributed by atoms with van der Waals surface area (Å²) in [7, 11) is 0. The van der Waals surface area contributed by atoms with E-state index >= 15 is 0 Å². The highest BCUT2D eigenvalue weighted by Crippen LogP contribution is 2.17. The Morgan fingerprint density at radius 1 is 1.40 bits per heavy atom. The van der Waals surface area contributed by atoms with E-state index in [-0.39, 0.29) is 5.92 Å². The minimum atomic E-state index is 0.286. The Kier molecular flexibility index (Phi) is 5.38. The molecule has 0 unspecified atom stereocenters. The molecule has 0 spiro atoms. The monoisotopic (exact) mass is 279 g/mol. The van der Waals surface area contributed by atoms with Crippen LogP contribution >= 0.6 is 0 Å². The van der Waals surface area contributed by atoms with E-state index in [9.17, 15) is 0 Å². The zero-order valence-corrected chi connectivity index (χ0v) is 12.4. The molecule has 1 aromatic rings. The summed E-state index contributed by atoms with van der Waals surface area (Å²) >= 11 is 0. The summed E-state index contributed by atoms with van der Waals surface area (Å²) in [5, 5.41) is 7.22. The minimum Gasteiger partial charge on any atom is -0.370 e. The molecule has 3 N–H and O–H groups in total. The van der Waals surface area contributed by atoms with Crippen molar-refractivity contribution in [2.75, 3.05) is 6.54 Å². The van der Waals surface area contributed by atoms with Gasteiger partial charge in [0.15, 0.2) is 11.8 Å². The van der Waals surface area contributed by atoms with Gasteiger partial charge in [-0.25, -0.2) is 0 Å². The number of hydrogen-bond donors (Lipinski definition) is 2. The van der Waals surface area contributed by atoms with E-state index in [1.807, 2.05) is 13.8 Å². The van der Waals surface area contributed by atoms with E-state index in [0.717, 1.165) is 5.82 Å². The molecule has 0 aromatic carbocycles. The van der Waals surface area contributed by atoms with Crippen LogP contribution in [0.2, 0.25) is 0 Å². The first-order valence-corrected chi connectivity index (χ1v) is 7.54. The van der Waals surface area contributed by atoms with E-state index in [4.69, 9.17) is 10.3 Å². The van der Waals surface area contributed by atoms with Crippen molar-refractivity contribution in [2.24, 2.45) is 10.7 Å². The molecule has 1 aromatic heterocycles. The highest BCUT2D eigenvalue weighted by atomic mass is 16.5. The molecule has 2 rings (SSSR count). The van der Waals surface area contributed by atoms with Crippen LogP contribution in [0, 0.1) is 0 Å². The first kappa shape index (κ1) is 14.8. The fourth-order valence-corrected chi connectivity index (χ4v) is 2.38. The van der Waals surface area contributed by atoms with Gasteiger partial charge < -0.3 is 15.6 Å². The second kappa shape index (κ2) is 7.26. The molecule has 1 heterocycles. The molecule has 1 fully saturated rings. The molecular weight excluding hydrogens is 254 g/mol. The first-order chi connectivity index (χ1) is 9.65. The maximum atomic E-state index is 5.89. The Labute approximate surface area is 120 Å². The standard InChI is InChI=1S/C14H25N5O/c1-10(2)13-18-12(20-19-13)8-9-16-14(15)17-11-6-4-3-5-7-11/h10-11H,3-9H2,1-2H3,(H3,15,16,17). The van der Waals surface area contributed by atoms with Gasteiger partial charge in [-0.2, -0.15) is 4.98 Å².